The van der Waals surface area contributed by atoms with Gasteiger partial charge in [0.05, 0.1) is 0 Å². The van der Waals surface area contributed by atoms with Crippen LogP contribution >= 0.6 is 0 Å². The van der Waals surface area contributed by atoms with Gasteiger partial charge >= 0.3 is 243 Å². The average molecular weight is 666 g/mol. The molecule has 38 heavy (non-hydrogen) atoms. The van der Waals surface area contributed by atoms with Crippen LogP contribution in [0.4, 0.5) is 0 Å². The molecule has 5 aromatic rings. The predicted octanol–water partition coefficient (Wildman–Crippen LogP) is 8.93. The molecule has 0 radical (unpaired) electrons. The molecule has 2 heteroatoms. The van der Waals surface area contributed by atoms with Gasteiger partial charge in [0.1, 0.15) is 0 Å². The summed E-state index contributed by atoms with van der Waals surface area (Å²) < 4.78 is 5.84. The van der Waals surface area contributed by atoms with Crippen molar-refractivity contribution in [2.75, 3.05) is 0 Å². The zero-order chi connectivity index (χ0) is 25.7. The van der Waals surface area contributed by atoms with E-state index in [0.717, 1.165) is 0 Å². The Labute approximate surface area is 241 Å². The third-order valence-corrected chi connectivity index (χ3v) is 12.4. The average Bonchev–Trinajstić information content (AvgIpc) is 3.02. The van der Waals surface area contributed by atoms with E-state index in [1.807, 2.05) is 0 Å². The van der Waals surface area contributed by atoms with Crippen molar-refractivity contribution in [3.8, 4) is 20.0 Å². The van der Waals surface area contributed by atoms with Crippen LogP contribution in [-0.4, -0.2) is 35.4 Å². The van der Waals surface area contributed by atoms with Crippen LogP contribution in [0.15, 0.2) is 151 Å². The van der Waals surface area contributed by atoms with Crippen LogP contribution in [0, 0.1) is 0 Å². The Hall–Kier alpha value is -3.24. The Bertz CT molecular complexity index is 1530. The molecule has 0 N–H and O–H groups in total. The fourth-order valence-electron chi connectivity index (χ4n) is 4.58. The van der Waals surface area contributed by atoms with E-state index in [4.69, 9.17) is 0 Å². The monoisotopic (exact) mass is 669 g/mol. The van der Waals surface area contributed by atoms with Crippen molar-refractivity contribution in [2.24, 2.45) is 0 Å². The van der Waals surface area contributed by atoms with Crippen molar-refractivity contribution in [3.63, 3.8) is 0 Å². The van der Waals surface area contributed by atoms with Gasteiger partial charge in [-0.15, -0.1) is 0 Å². The van der Waals surface area contributed by atoms with E-state index in [-0.39, 0.29) is 14.5 Å². The van der Waals surface area contributed by atoms with Gasteiger partial charge in [0.15, 0.2) is 0 Å². The first-order valence-corrected chi connectivity index (χ1v) is 16.8. The zero-order valence-corrected chi connectivity index (χ0v) is 25.2. The molecule has 0 saturated carbocycles. The number of hydrogen-bond acceptors (Lipinski definition) is 0. The predicted molar refractivity (Wildman–Crippen MR) is 166 cm³/mol. The molecule has 1 aliphatic rings. The molecule has 1 aromatic heterocycles. The molecular formula is C36H27SeTe+. The Kier molecular flexibility index (Phi) is 7.68. The van der Waals surface area contributed by atoms with Crippen LogP contribution in [0.25, 0.3) is 32.8 Å². The van der Waals surface area contributed by atoms with Gasteiger partial charge in [-0.1, -0.05) is 0 Å². The maximum absolute atomic E-state index is 2.46. The molecular weight excluding hydrogens is 639 g/mol. The summed E-state index contributed by atoms with van der Waals surface area (Å²) in [6, 6.07) is 48.5. The molecule has 0 saturated heterocycles. The van der Waals surface area contributed by atoms with E-state index < -0.39 is 20.9 Å². The second kappa shape index (κ2) is 11.7. The van der Waals surface area contributed by atoms with E-state index in [0.29, 0.717) is 0 Å². The zero-order valence-electron chi connectivity index (χ0n) is 21.2. The molecule has 0 atom stereocenters. The van der Waals surface area contributed by atoms with Crippen LogP contribution in [0.5, 0.6) is 0 Å². The molecule has 0 spiro atoms. The van der Waals surface area contributed by atoms with E-state index >= 15 is 0 Å². The van der Waals surface area contributed by atoms with Gasteiger partial charge in [0.2, 0.25) is 0 Å². The first-order chi connectivity index (χ1) is 18.7. The molecule has 6 rings (SSSR count). The van der Waals surface area contributed by atoms with Crippen molar-refractivity contribution in [2.45, 2.75) is 6.92 Å². The number of benzene rings is 4. The van der Waals surface area contributed by atoms with Gasteiger partial charge in [-0.2, -0.15) is 0 Å². The second-order valence-corrected chi connectivity index (χ2v) is 14.6. The summed E-state index contributed by atoms with van der Waals surface area (Å²) in [5.41, 5.74) is 9.29. The van der Waals surface area contributed by atoms with Crippen LogP contribution in [0.1, 0.15) is 23.6 Å². The molecule has 0 fully saturated rings. The van der Waals surface area contributed by atoms with Gasteiger partial charge in [-0.25, -0.2) is 0 Å². The van der Waals surface area contributed by atoms with E-state index in [9.17, 15) is 0 Å². The van der Waals surface area contributed by atoms with Gasteiger partial charge in [0, 0.05) is 0 Å². The molecule has 182 valence electrons. The van der Waals surface area contributed by atoms with Crippen LogP contribution in [0.3, 0.4) is 0 Å². The Morgan fingerprint density at radius 2 is 0.868 bits per heavy atom. The maximum atomic E-state index is 2.46. The molecule has 2 heterocycles. The Morgan fingerprint density at radius 3 is 1.26 bits per heavy atom. The van der Waals surface area contributed by atoms with Gasteiger partial charge in [0.25, 0.3) is 0 Å². The summed E-state index contributed by atoms with van der Waals surface area (Å²) >= 11 is -0.265. The third kappa shape index (κ3) is 5.61. The van der Waals surface area contributed by atoms with Gasteiger partial charge < -0.3 is 0 Å². The van der Waals surface area contributed by atoms with Crippen molar-refractivity contribution in [1.29, 1.82) is 0 Å². The standard InChI is InChI=1S/C36H27SeTe/c1-26(31-22-33(27-14-6-2-7-15-27)37-34(23-31)28-16-8-3-9-17-28)32-24-35(29-18-10-4-11-19-29)38-36(25-32)30-20-12-5-13-21-30/h2-25H,1H3/q+1. The summed E-state index contributed by atoms with van der Waals surface area (Å²) in [7, 11) is 0. The van der Waals surface area contributed by atoms with E-state index in [2.05, 4.69) is 153 Å². The fraction of sp³-hybridized carbons (Fsp3) is 0.0278. The van der Waals surface area contributed by atoms with Gasteiger partial charge in [-0.05, 0) is 0 Å². The molecule has 0 nitrogen and oxygen atoms in total. The van der Waals surface area contributed by atoms with Crippen molar-refractivity contribution in [1.82, 2.24) is 0 Å². The van der Waals surface area contributed by atoms with Crippen molar-refractivity contribution < 1.29 is 0 Å². The summed E-state index contributed by atoms with van der Waals surface area (Å²) in [6.45, 7) is 2.30. The third-order valence-electron chi connectivity index (χ3n) is 6.69. The van der Waals surface area contributed by atoms with Crippen molar-refractivity contribution >= 4 is 48.2 Å². The molecule has 0 bridgehead atoms. The number of allylic oxidation sites excluding steroid dienone is 4. The van der Waals surface area contributed by atoms with E-state index in [1.165, 1.54) is 55.1 Å². The van der Waals surface area contributed by atoms with Crippen LogP contribution < -0.4 is 0 Å². The normalized spacial score (nSPS) is 13.0. The molecule has 0 unspecified atom stereocenters. The summed E-state index contributed by atoms with van der Waals surface area (Å²) in [5, 5.41) is 0. The minimum absolute atomic E-state index is 0.242. The van der Waals surface area contributed by atoms with Crippen LogP contribution in [-0.2, 0) is 0 Å². The first kappa shape index (κ1) is 25.1. The number of rotatable bonds is 5. The summed E-state index contributed by atoms with van der Waals surface area (Å²) in [6.07, 6.45) is 4.91. The van der Waals surface area contributed by atoms with Crippen molar-refractivity contribution in [3.05, 3.63) is 168 Å². The quantitative estimate of drug-likeness (QED) is 0.165. The first-order valence-electron chi connectivity index (χ1n) is 12.8. The summed E-state index contributed by atoms with van der Waals surface area (Å²) in [4.78, 5) is 0. The van der Waals surface area contributed by atoms with E-state index in [1.54, 1.807) is 0 Å². The molecule has 0 aliphatic carbocycles. The summed E-state index contributed by atoms with van der Waals surface area (Å²) in [5.74, 6) is 0. The minimum atomic E-state index is -0.507. The Morgan fingerprint density at radius 1 is 0.500 bits per heavy atom. The topological polar surface area (TPSA) is 0 Å². The second-order valence-electron chi connectivity index (χ2n) is 9.24. The number of hydrogen-bond donors (Lipinski definition) is 0. The SMILES string of the molecule is CC(=C1C=C(c2ccccc2)[Te]C(c2ccccc2)=C1)c1cc(-c2ccccc2)[se+]c(-c2ccccc2)c1. The molecule has 0 amide bonds. The van der Waals surface area contributed by atoms with Crippen LogP contribution in [0.2, 0.25) is 0 Å². The van der Waals surface area contributed by atoms with Gasteiger partial charge in [-0.3, -0.25) is 0 Å². The molecule has 1 aliphatic heterocycles. The fourth-order valence-corrected chi connectivity index (χ4v) is 10.1. The molecule has 4 aromatic carbocycles. The Balaban J connectivity index is 1.54.